The fourth-order valence-corrected chi connectivity index (χ4v) is 1.30. The van der Waals surface area contributed by atoms with E-state index in [4.69, 9.17) is 5.11 Å². The van der Waals surface area contributed by atoms with Crippen LogP contribution in [0, 0.1) is 0 Å². The lowest BCUT2D eigenvalue weighted by molar-refractivity contribution is -0.121. The molecule has 0 aromatic carbocycles. The van der Waals surface area contributed by atoms with Gasteiger partial charge in [0.2, 0.25) is 0 Å². The van der Waals surface area contributed by atoms with E-state index in [1.165, 1.54) is 0 Å². The number of hydrogen-bond acceptors (Lipinski definition) is 5. The summed E-state index contributed by atoms with van der Waals surface area (Å²) in [5, 5.41) is 8.79. The zero-order valence-corrected chi connectivity index (χ0v) is 9.89. The number of nitrogens with zero attached hydrogens (tertiary/aromatic N) is 2. The van der Waals surface area contributed by atoms with Crippen LogP contribution < -0.4 is 10.9 Å². The monoisotopic (exact) mass is 238 g/mol. The van der Waals surface area contributed by atoms with Crippen LogP contribution in [0.1, 0.15) is 6.92 Å². The molecule has 6 nitrogen and oxygen atoms in total. The third-order valence-electron chi connectivity index (χ3n) is 2.23. The van der Waals surface area contributed by atoms with E-state index >= 15 is 0 Å². The van der Waals surface area contributed by atoms with Gasteiger partial charge in [-0.15, -0.1) is 0 Å². The molecule has 0 fully saturated rings. The predicted octanol–water partition coefficient (Wildman–Crippen LogP) is -0.161. The molecule has 1 aromatic rings. The zero-order chi connectivity index (χ0) is 12.5. The van der Waals surface area contributed by atoms with Crippen molar-refractivity contribution in [3.05, 3.63) is 24.4 Å². The summed E-state index contributed by atoms with van der Waals surface area (Å²) in [6.07, 6.45) is 1.64. The minimum atomic E-state index is -0.161. The summed E-state index contributed by atoms with van der Waals surface area (Å²) in [6.45, 7) is 3.45. The summed E-state index contributed by atoms with van der Waals surface area (Å²) in [7, 11) is 0. The summed E-state index contributed by atoms with van der Waals surface area (Å²) < 4.78 is 0. The minimum Gasteiger partial charge on any atom is -0.395 e. The van der Waals surface area contributed by atoms with E-state index < -0.39 is 0 Å². The second-order valence-corrected chi connectivity index (χ2v) is 3.48. The van der Waals surface area contributed by atoms with Crippen molar-refractivity contribution < 1.29 is 9.90 Å². The maximum absolute atomic E-state index is 11.5. The molecule has 94 valence electrons. The molecule has 1 heterocycles. The van der Waals surface area contributed by atoms with Gasteiger partial charge in [-0.25, -0.2) is 4.98 Å². The Labute approximate surface area is 101 Å². The Morgan fingerprint density at radius 1 is 1.53 bits per heavy atom. The predicted molar refractivity (Wildman–Crippen MR) is 65.2 cm³/mol. The number of rotatable bonds is 7. The van der Waals surface area contributed by atoms with Crippen LogP contribution in [0.15, 0.2) is 24.4 Å². The maximum Gasteiger partial charge on any atom is 0.252 e. The van der Waals surface area contributed by atoms with Gasteiger partial charge < -0.3 is 5.11 Å². The number of carbonyl (C=O) groups is 1. The van der Waals surface area contributed by atoms with Crippen molar-refractivity contribution in [3.63, 3.8) is 0 Å². The first-order chi connectivity index (χ1) is 8.26. The number of aliphatic hydroxyl groups is 1. The highest BCUT2D eigenvalue weighted by Gasteiger charge is 2.07. The summed E-state index contributed by atoms with van der Waals surface area (Å²) in [5.74, 6) is 0.428. The lowest BCUT2D eigenvalue weighted by Crippen LogP contribution is -2.40. The molecule has 0 unspecified atom stereocenters. The molecule has 1 rings (SSSR count). The Morgan fingerprint density at radius 2 is 2.35 bits per heavy atom. The van der Waals surface area contributed by atoms with Crippen molar-refractivity contribution in [2.75, 3.05) is 31.7 Å². The number of carbonyl (C=O) groups excluding carboxylic acids is 1. The van der Waals surface area contributed by atoms with Gasteiger partial charge in [0.15, 0.2) is 0 Å². The van der Waals surface area contributed by atoms with E-state index in [0.29, 0.717) is 12.4 Å². The third kappa shape index (κ3) is 5.28. The van der Waals surface area contributed by atoms with Crippen LogP contribution in [-0.2, 0) is 4.79 Å². The number of amides is 1. The largest absolute Gasteiger partial charge is 0.395 e. The molecule has 0 spiro atoms. The van der Waals surface area contributed by atoms with Crippen LogP contribution in [0.3, 0.4) is 0 Å². The van der Waals surface area contributed by atoms with Crippen LogP contribution in [0.25, 0.3) is 0 Å². The van der Waals surface area contributed by atoms with Gasteiger partial charge in [0.25, 0.3) is 5.91 Å². The van der Waals surface area contributed by atoms with Crippen molar-refractivity contribution in [1.29, 1.82) is 0 Å². The zero-order valence-electron chi connectivity index (χ0n) is 9.89. The van der Waals surface area contributed by atoms with Crippen molar-refractivity contribution in [2.45, 2.75) is 6.92 Å². The molecule has 0 atom stereocenters. The van der Waals surface area contributed by atoms with Crippen LogP contribution in [0.5, 0.6) is 0 Å². The van der Waals surface area contributed by atoms with Gasteiger partial charge in [-0.3, -0.25) is 20.5 Å². The quantitative estimate of drug-likeness (QED) is 0.575. The Bertz CT molecular complexity index is 332. The van der Waals surface area contributed by atoms with Crippen LogP contribution in [0.2, 0.25) is 0 Å². The standard InChI is InChI=1S/C11H18N4O2/c1-2-15(7-8-16)9-11(17)14-13-10-5-3-4-6-12-10/h3-6,16H,2,7-9H2,1H3,(H,12,13)(H,14,17). The molecule has 0 saturated heterocycles. The van der Waals surface area contributed by atoms with Crippen LogP contribution in [0.4, 0.5) is 5.82 Å². The fraction of sp³-hybridized carbons (Fsp3) is 0.455. The number of aliphatic hydroxyl groups excluding tert-OH is 1. The van der Waals surface area contributed by atoms with Crippen molar-refractivity contribution in [2.24, 2.45) is 0 Å². The average molecular weight is 238 g/mol. The first-order valence-electron chi connectivity index (χ1n) is 5.55. The molecule has 1 aromatic heterocycles. The van der Waals surface area contributed by atoms with Crippen LogP contribution >= 0.6 is 0 Å². The average Bonchev–Trinajstić information content (AvgIpc) is 2.37. The molecule has 1 amide bonds. The molecule has 0 aliphatic carbocycles. The number of hydrazine groups is 1. The lowest BCUT2D eigenvalue weighted by Gasteiger charge is -2.18. The van der Waals surface area contributed by atoms with E-state index in [0.717, 1.165) is 6.54 Å². The molecule has 3 N–H and O–H groups in total. The van der Waals surface area contributed by atoms with Crippen molar-refractivity contribution >= 4 is 11.7 Å². The first-order valence-corrected chi connectivity index (χ1v) is 5.55. The highest BCUT2D eigenvalue weighted by Crippen LogP contribution is 1.96. The van der Waals surface area contributed by atoms with E-state index in [2.05, 4.69) is 15.8 Å². The molecule has 6 heteroatoms. The SMILES string of the molecule is CCN(CCO)CC(=O)NNc1ccccn1. The molecule has 0 saturated carbocycles. The van der Waals surface area contributed by atoms with E-state index in [9.17, 15) is 4.79 Å². The van der Waals surface area contributed by atoms with Gasteiger partial charge in [-0.1, -0.05) is 13.0 Å². The van der Waals surface area contributed by atoms with E-state index in [1.807, 2.05) is 17.9 Å². The smallest absolute Gasteiger partial charge is 0.252 e. The minimum absolute atomic E-state index is 0.0504. The van der Waals surface area contributed by atoms with Gasteiger partial charge in [-0.05, 0) is 18.7 Å². The van der Waals surface area contributed by atoms with Gasteiger partial charge >= 0.3 is 0 Å². The molecule has 0 radical (unpaired) electrons. The number of hydrogen-bond donors (Lipinski definition) is 3. The van der Waals surface area contributed by atoms with Gasteiger partial charge in [-0.2, -0.15) is 0 Å². The van der Waals surface area contributed by atoms with Crippen LogP contribution in [-0.4, -0.2) is 47.1 Å². The highest BCUT2D eigenvalue weighted by molar-refractivity contribution is 5.79. The number of pyridine rings is 1. The third-order valence-corrected chi connectivity index (χ3v) is 2.23. The molecule has 17 heavy (non-hydrogen) atoms. The summed E-state index contributed by atoms with van der Waals surface area (Å²) in [6, 6.07) is 5.38. The summed E-state index contributed by atoms with van der Waals surface area (Å²) in [4.78, 5) is 17.4. The van der Waals surface area contributed by atoms with Crippen molar-refractivity contribution in [3.8, 4) is 0 Å². The fourth-order valence-electron chi connectivity index (χ4n) is 1.30. The number of aromatic nitrogens is 1. The maximum atomic E-state index is 11.5. The van der Waals surface area contributed by atoms with Gasteiger partial charge in [0, 0.05) is 12.7 Å². The Hall–Kier alpha value is -1.66. The Kier molecular flexibility index (Phi) is 5.98. The number of likely N-dealkylation sites (N-methyl/N-ethyl adjacent to an activating group) is 1. The van der Waals surface area contributed by atoms with Crippen molar-refractivity contribution in [1.82, 2.24) is 15.3 Å². The van der Waals surface area contributed by atoms with E-state index in [1.54, 1.807) is 18.3 Å². The second kappa shape index (κ2) is 7.59. The highest BCUT2D eigenvalue weighted by atomic mass is 16.3. The molecule has 0 aliphatic rings. The lowest BCUT2D eigenvalue weighted by atomic mass is 10.4. The van der Waals surface area contributed by atoms with Gasteiger partial charge in [0.1, 0.15) is 5.82 Å². The first kappa shape index (κ1) is 13.4. The molecule has 0 aliphatic heterocycles. The topological polar surface area (TPSA) is 77.5 Å². The Morgan fingerprint density at radius 3 is 2.94 bits per heavy atom. The summed E-state index contributed by atoms with van der Waals surface area (Å²) in [5.41, 5.74) is 5.26. The normalized spacial score (nSPS) is 10.3. The second-order valence-electron chi connectivity index (χ2n) is 3.48. The van der Waals surface area contributed by atoms with Gasteiger partial charge in [0.05, 0.1) is 13.2 Å². The summed E-state index contributed by atoms with van der Waals surface area (Å²) >= 11 is 0. The molecular formula is C11H18N4O2. The number of nitrogens with one attached hydrogen (secondary N) is 2. The van der Waals surface area contributed by atoms with E-state index in [-0.39, 0.29) is 19.1 Å². The number of anilines is 1. The Balaban J connectivity index is 2.30. The molecule has 0 bridgehead atoms. The molecular weight excluding hydrogens is 220 g/mol.